The van der Waals surface area contributed by atoms with Crippen molar-refractivity contribution in [1.82, 2.24) is 0 Å². The maximum atomic E-state index is 5.26. The molecule has 0 aliphatic carbocycles. The summed E-state index contributed by atoms with van der Waals surface area (Å²) in [4.78, 5) is 0. The van der Waals surface area contributed by atoms with Gasteiger partial charge in [-0.1, -0.05) is 30.3 Å². The molecule has 0 spiro atoms. The van der Waals surface area contributed by atoms with Crippen molar-refractivity contribution in [2.24, 2.45) is 5.73 Å². The Morgan fingerprint density at radius 1 is 1.31 bits per heavy atom. The quantitative estimate of drug-likeness (QED) is 0.552. The highest BCUT2D eigenvalue weighted by molar-refractivity contribution is 5.14. The smallest absolute Gasteiger partial charge is 0.176 e. The van der Waals surface area contributed by atoms with Gasteiger partial charge < -0.3 is 10.5 Å². The van der Waals surface area contributed by atoms with E-state index in [9.17, 15) is 0 Å². The van der Waals surface area contributed by atoms with E-state index in [2.05, 4.69) is 18.7 Å². The molecule has 1 aromatic carbocycles. The van der Waals surface area contributed by atoms with Crippen LogP contribution in [-0.2, 0) is 11.2 Å². The first-order chi connectivity index (χ1) is 6.29. The fraction of sp³-hybridized carbons (Fsp3) is 0.273. The number of benzene rings is 1. The second kappa shape index (κ2) is 5.25. The second-order valence-electron chi connectivity index (χ2n) is 2.90. The van der Waals surface area contributed by atoms with Gasteiger partial charge in [0.1, 0.15) is 0 Å². The minimum absolute atomic E-state index is 0.299. The first-order valence-electron chi connectivity index (χ1n) is 4.40. The van der Waals surface area contributed by atoms with Gasteiger partial charge in [-0.05, 0) is 25.0 Å². The summed E-state index contributed by atoms with van der Waals surface area (Å²) in [6.07, 6.45) is 1.99. The molecule has 0 aliphatic heterocycles. The molecule has 2 nitrogen and oxygen atoms in total. The molecule has 0 fully saturated rings. The van der Waals surface area contributed by atoms with E-state index in [0.717, 1.165) is 12.8 Å². The highest BCUT2D eigenvalue weighted by atomic mass is 16.5. The van der Waals surface area contributed by atoms with E-state index in [-0.39, 0.29) is 0 Å². The lowest BCUT2D eigenvalue weighted by molar-refractivity contribution is 0.207. The Balaban J connectivity index is 2.17. The molecule has 0 aliphatic rings. The van der Waals surface area contributed by atoms with Crippen LogP contribution in [0.4, 0.5) is 0 Å². The number of aryl methyl sites for hydroxylation is 1. The molecule has 0 bridgehead atoms. The molecule has 1 rings (SSSR count). The Morgan fingerprint density at radius 3 is 2.62 bits per heavy atom. The van der Waals surface area contributed by atoms with E-state index in [1.165, 1.54) is 5.56 Å². The van der Waals surface area contributed by atoms with E-state index >= 15 is 0 Å². The number of hydrogen-bond acceptors (Lipinski definition) is 2. The van der Waals surface area contributed by atoms with Gasteiger partial charge in [0.25, 0.3) is 0 Å². The lowest BCUT2D eigenvalue weighted by Crippen LogP contribution is -2.02. The maximum absolute atomic E-state index is 5.26. The lowest BCUT2D eigenvalue weighted by atomic mass is 10.1. The molecule has 0 atom stereocenters. The zero-order chi connectivity index (χ0) is 9.52. The third-order valence-electron chi connectivity index (χ3n) is 1.74. The van der Waals surface area contributed by atoms with Crippen LogP contribution in [0.25, 0.3) is 0 Å². The van der Waals surface area contributed by atoms with Crippen molar-refractivity contribution in [3.05, 3.63) is 48.4 Å². The zero-order valence-corrected chi connectivity index (χ0v) is 7.70. The number of hydrogen-bond donors (Lipinski definition) is 1. The third kappa shape index (κ3) is 4.21. The van der Waals surface area contributed by atoms with E-state index in [0.29, 0.717) is 12.5 Å². The summed E-state index contributed by atoms with van der Waals surface area (Å²) in [5.41, 5.74) is 6.58. The molecule has 0 aromatic heterocycles. The van der Waals surface area contributed by atoms with Gasteiger partial charge in [-0.25, -0.2) is 0 Å². The van der Waals surface area contributed by atoms with Crippen LogP contribution in [0.2, 0.25) is 0 Å². The number of ether oxygens (including phenoxy) is 1. The SMILES string of the molecule is C=C(N)OCCCc1ccccc1. The molecule has 70 valence electrons. The first kappa shape index (κ1) is 9.65. The summed E-state index contributed by atoms with van der Waals surface area (Å²) >= 11 is 0. The van der Waals surface area contributed by atoms with Gasteiger partial charge in [0.15, 0.2) is 5.88 Å². The van der Waals surface area contributed by atoms with Crippen LogP contribution >= 0.6 is 0 Å². The maximum Gasteiger partial charge on any atom is 0.176 e. The molecule has 0 radical (unpaired) electrons. The molecule has 2 N–H and O–H groups in total. The molecular formula is C11H15NO. The Labute approximate surface area is 79.0 Å². The van der Waals surface area contributed by atoms with Crippen molar-refractivity contribution >= 4 is 0 Å². The number of rotatable bonds is 5. The average Bonchev–Trinajstić information content (AvgIpc) is 2.14. The largest absolute Gasteiger partial charge is 0.480 e. The van der Waals surface area contributed by atoms with Crippen molar-refractivity contribution in [2.45, 2.75) is 12.8 Å². The van der Waals surface area contributed by atoms with Crippen LogP contribution in [0.5, 0.6) is 0 Å². The van der Waals surface area contributed by atoms with E-state index in [1.807, 2.05) is 18.2 Å². The highest BCUT2D eigenvalue weighted by Crippen LogP contribution is 2.02. The van der Waals surface area contributed by atoms with E-state index < -0.39 is 0 Å². The Hall–Kier alpha value is -1.44. The molecule has 0 amide bonds. The summed E-state index contributed by atoms with van der Waals surface area (Å²) in [6.45, 7) is 4.10. The molecule has 2 heteroatoms. The van der Waals surface area contributed by atoms with Gasteiger partial charge >= 0.3 is 0 Å². The molecule has 0 saturated carbocycles. The fourth-order valence-corrected chi connectivity index (χ4v) is 1.12. The van der Waals surface area contributed by atoms with Gasteiger partial charge in [0, 0.05) is 0 Å². The van der Waals surface area contributed by atoms with Crippen LogP contribution in [0, 0.1) is 0 Å². The first-order valence-corrected chi connectivity index (χ1v) is 4.40. The van der Waals surface area contributed by atoms with Gasteiger partial charge in [0.05, 0.1) is 6.61 Å². The summed E-state index contributed by atoms with van der Waals surface area (Å²) in [5, 5.41) is 0. The monoisotopic (exact) mass is 177 g/mol. The minimum atomic E-state index is 0.299. The Morgan fingerprint density at radius 2 is 2.00 bits per heavy atom. The van der Waals surface area contributed by atoms with Gasteiger partial charge in [-0.15, -0.1) is 0 Å². The van der Waals surface area contributed by atoms with E-state index in [4.69, 9.17) is 10.5 Å². The third-order valence-corrected chi connectivity index (χ3v) is 1.74. The zero-order valence-electron chi connectivity index (χ0n) is 7.70. The average molecular weight is 177 g/mol. The van der Waals surface area contributed by atoms with Gasteiger partial charge in [-0.2, -0.15) is 0 Å². The van der Waals surface area contributed by atoms with Crippen LogP contribution < -0.4 is 5.73 Å². The molecule has 0 heterocycles. The predicted octanol–water partition coefficient (Wildman–Crippen LogP) is 2.07. The minimum Gasteiger partial charge on any atom is -0.480 e. The molecule has 1 aromatic rings. The van der Waals surface area contributed by atoms with Crippen LogP contribution in [0.3, 0.4) is 0 Å². The van der Waals surface area contributed by atoms with Crippen LogP contribution in [-0.4, -0.2) is 6.61 Å². The molecule has 0 unspecified atom stereocenters. The fourth-order valence-electron chi connectivity index (χ4n) is 1.12. The highest BCUT2D eigenvalue weighted by Gasteiger charge is 1.92. The summed E-state index contributed by atoms with van der Waals surface area (Å²) in [7, 11) is 0. The molecule has 13 heavy (non-hydrogen) atoms. The standard InChI is InChI=1S/C11H15NO/c1-10(12)13-9-5-8-11-6-3-2-4-7-11/h2-4,6-7H,1,5,8-9,12H2. The second-order valence-corrected chi connectivity index (χ2v) is 2.90. The summed E-state index contributed by atoms with van der Waals surface area (Å²) in [5.74, 6) is 0.299. The summed E-state index contributed by atoms with van der Waals surface area (Å²) < 4.78 is 5.05. The van der Waals surface area contributed by atoms with Crippen molar-refractivity contribution in [2.75, 3.05) is 6.61 Å². The number of nitrogens with two attached hydrogens (primary N) is 1. The molecule has 0 saturated heterocycles. The van der Waals surface area contributed by atoms with Gasteiger partial charge in [0.2, 0.25) is 0 Å². The van der Waals surface area contributed by atoms with Crippen molar-refractivity contribution in [3.8, 4) is 0 Å². The van der Waals surface area contributed by atoms with Crippen molar-refractivity contribution < 1.29 is 4.74 Å². The predicted molar refractivity (Wildman–Crippen MR) is 54.0 cm³/mol. The normalized spacial score (nSPS) is 9.54. The molecular weight excluding hydrogens is 162 g/mol. The Kier molecular flexibility index (Phi) is 3.89. The lowest BCUT2D eigenvalue weighted by Gasteiger charge is -2.04. The van der Waals surface area contributed by atoms with Gasteiger partial charge in [-0.3, -0.25) is 0 Å². The van der Waals surface area contributed by atoms with Crippen molar-refractivity contribution in [3.63, 3.8) is 0 Å². The summed E-state index contributed by atoms with van der Waals surface area (Å²) in [6, 6.07) is 10.3. The Bertz CT molecular complexity index is 256. The topological polar surface area (TPSA) is 35.2 Å². The van der Waals surface area contributed by atoms with Crippen molar-refractivity contribution in [1.29, 1.82) is 0 Å². The van der Waals surface area contributed by atoms with Crippen LogP contribution in [0.1, 0.15) is 12.0 Å². The van der Waals surface area contributed by atoms with E-state index in [1.54, 1.807) is 0 Å². The van der Waals surface area contributed by atoms with Crippen LogP contribution in [0.15, 0.2) is 42.8 Å².